The Morgan fingerprint density at radius 2 is 2.42 bits per heavy atom. The first kappa shape index (κ1) is 14.0. The second kappa shape index (κ2) is 7.85. The molecule has 0 spiro atoms. The summed E-state index contributed by atoms with van der Waals surface area (Å²) >= 11 is 0. The van der Waals surface area contributed by atoms with Crippen molar-refractivity contribution in [1.82, 2.24) is 15.2 Å². The third-order valence-electron chi connectivity index (χ3n) is 2.90. The van der Waals surface area contributed by atoms with E-state index < -0.39 is 0 Å². The lowest BCUT2D eigenvalue weighted by Crippen LogP contribution is -2.20. The molecule has 7 nitrogen and oxygen atoms in total. The van der Waals surface area contributed by atoms with Crippen LogP contribution in [0.5, 0.6) is 0 Å². The van der Waals surface area contributed by atoms with Crippen LogP contribution >= 0.6 is 0 Å². The molecule has 1 aromatic heterocycles. The maximum atomic E-state index is 5.53. The van der Waals surface area contributed by atoms with Crippen LogP contribution in [0.1, 0.15) is 19.3 Å². The molecule has 1 aliphatic heterocycles. The fourth-order valence-electron chi connectivity index (χ4n) is 1.91. The lowest BCUT2D eigenvalue weighted by Gasteiger charge is -2.11. The van der Waals surface area contributed by atoms with Gasteiger partial charge >= 0.3 is 0 Å². The molecule has 0 aliphatic carbocycles. The summed E-state index contributed by atoms with van der Waals surface area (Å²) in [4.78, 5) is 4.34. The number of methoxy groups -OCH3 is 1. The molecule has 1 aromatic rings. The molecule has 1 unspecified atom stereocenters. The van der Waals surface area contributed by atoms with Crippen molar-refractivity contribution in [3.63, 3.8) is 0 Å². The van der Waals surface area contributed by atoms with Crippen molar-refractivity contribution in [1.29, 1.82) is 0 Å². The Morgan fingerprint density at radius 3 is 3.21 bits per heavy atom. The van der Waals surface area contributed by atoms with Crippen LogP contribution in [-0.4, -0.2) is 54.7 Å². The lowest BCUT2D eigenvalue weighted by atomic mass is 10.2. The fraction of sp³-hybridized carbons (Fsp3) is 0.750. The van der Waals surface area contributed by atoms with Crippen LogP contribution in [0.15, 0.2) is 6.20 Å². The molecule has 7 heteroatoms. The number of nitrogens with one attached hydrogen (secondary N) is 2. The Kier molecular flexibility index (Phi) is 5.77. The van der Waals surface area contributed by atoms with Crippen LogP contribution in [0.3, 0.4) is 0 Å². The van der Waals surface area contributed by atoms with Crippen molar-refractivity contribution in [2.24, 2.45) is 0 Å². The van der Waals surface area contributed by atoms with Crippen molar-refractivity contribution >= 4 is 11.8 Å². The van der Waals surface area contributed by atoms with Gasteiger partial charge in [0.05, 0.1) is 12.3 Å². The number of hydrogen-bond acceptors (Lipinski definition) is 7. The Balaban J connectivity index is 1.74. The van der Waals surface area contributed by atoms with E-state index in [-0.39, 0.29) is 6.10 Å². The zero-order valence-corrected chi connectivity index (χ0v) is 11.3. The van der Waals surface area contributed by atoms with Crippen LogP contribution in [-0.2, 0) is 9.47 Å². The molecule has 0 amide bonds. The van der Waals surface area contributed by atoms with Gasteiger partial charge in [0.25, 0.3) is 0 Å². The molecule has 1 aliphatic rings. The van der Waals surface area contributed by atoms with Gasteiger partial charge < -0.3 is 20.1 Å². The maximum absolute atomic E-state index is 5.53. The van der Waals surface area contributed by atoms with Crippen molar-refractivity contribution in [2.45, 2.75) is 25.4 Å². The van der Waals surface area contributed by atoms with E-state index in [1.54, 1.807) is 13.3 Å². The number of nitrogens with zero attached hydrogens (tertiary/aromatic N) is 3. The maximum Gasteiger partial charge on any atom is 0.244 e. The second-order valence-corrected chi connectivity index (χ2v) is 4.45. The van der Waals surface area contributed by atoms with E-state index in [4.69, 9.17) is 9.47 Å². The second-order valence-electron chi connectivity index (χ2n) is 4.45. The zero-order valence-electron chi connectivity index (χ0n) is 11.3. The minimum absolute atomic E-state index is 0.266. The summed E-state index contributed by atoms with van der Waals surface area (Å²) in [5.74, 6) is 1.26. The van der Waals surface area contributed by atoms with Gasteiger partial charge in [-0.3, -0.25) is 0 Å². The summed E-state index contributed by atoms with van der Waals surface area (Å²) in [5, 5.41) is 14.2. The molecule has 2 N–H and O–H groups in total. The van der Waals surface area contributed by atoms with Gasteiger partial charge in [-0.05, 0) is 19.3 Å². The first-order valence-corrected chi connectivity index (χ1v) is 6.66. The van der Waals surface area contributed by atoms with Gasteiger partial charge in [0, 0.05) is 33.4 Å². The molecule has 1 atom stereocenters. The average Bonchev–Trinajstić information content (AvgIpc) is 2.95. The number of ether oxygens (including phenoxy) is 2. The lowest BCUT2D eigenvalue weighted by molar-refractivity contribution is 0.120. The molecule has 1 fully saturated rings. The van der Waals surface area contributed by atoms with Crippen LogP contribution < -0.4 is 10.6 Å². The van der Waals surface area contributed by atoms with Crippen LogP contribution in [0, 0.1) is 0 Å². The van der Waals surface area contributed by atoms with Gasteiger partial charge in [-0.2, -0.15) is 10.1 Å². The average molecular weight is 267 g/mol. The summed E-state index contributed by atoms with van der Waals surface area (Å²) in [5.41, 5.74) is 0. The van der Waals surface area contributed by atoms with E-state index in [0.717, 1.165) is 51.4 Å². The molecule has 0 radical (unpaired) electrons. The molecular weight excluding hydrogens is 246 g/mol. The predicted octanol–water partition coefficient (Wildman–Crippen LogP) is 0.911. The first-order valence-electron chi connectivity index (χ1n) is 6.66. The van der Waals surface area contributed by atoms with Gasteiger partial charge in [-0.15, -0.1) is 5.10 Å². The first-order chi connectivity index (χ1) is 9.38. The minimum atomic E-state index is 0.266. The van der Waals surface area contributed by atoms with E-state index >= 15 is 0 Å². The molecule has 1 saturated heterocycles. The quantitative estimate of drug-likeness (QED) is 0.677. The standard InChI is InChI=1S/C12H21N5O2/c1-18-6-3-5-13-11-9-15-17-12(16-11)14-8-10-4-2-7-19-10/h9-10H,2-8H2,1H3,(H2,13,14,16,17). The molecule has 0 bridgehead atoms. The number of rotatable bonds is 8. The zero-order chi connectivity index (χ0) is 13.3. The molecule has 2 heterocycles. The number of anilines is 2. The summed E-state index contributed by atoms with van der Waals surface area (Å²) in [6.45, 7) is 3.12. The van der Waals surface area contributed by atoms with Crippen LogP contribution in [0.2, 0.25) is 0 Å². The summed E-state index contributed by atoms with van der Waals surface area (Å²) in [6, 6.07) is 0. The van der Waals surface area contributed by atoms with Crippen molar-refractivity contribution in [3.8, 4) is 0 Å². The van der Waals surface area contributed by atoms with E-state index in [9.17, 15) is 0 Å². The molecule has 0 aromatic carbocycles. The Morgan fingerprint density at radius 1 is 1.47 bits per heavy atom. The van der Waals surface area contributed by atoms with Gasteiger partial charge in [0.1, 0.15) is 0 Å². The SMILES string of the molecule is COCCCNc1cnnc(NCC2CCCO2)n1. The largest absolute Gasteiger partial charge is 0.385 e. The summed E-state index contributed by atoms with van der Waals surface area (Å²) in [7, 11) is 1.69. The number of hydrogen-bond donors (Lipinski definition) is 2. The summed E-state index contributed by atoms with van der Waals surface area (Å²) in [6.07, 6.45) is 5.03. The Hall–Kier alpha value is -1.47. The highest BCUT2D eigenvalue weighted by molar-refractivity contribution is 5.36. The van der Waals surface area contributed by atoms with E-state index in [1.807, 2.05) is 0 Å². The Bertz CT molecular complexity index is 371. The Labute approximate surface area is 113 Å². The third-order valence-corrected chi connectivity index (χ3v) is 2.90. The molecule has 106 valence electrons. The molecule has 19 heavy (non-hydrogen) atoms. The predicted molar refractivity (Wildman–Crippen MR) is 72.3 cm³/mol. The minimum Gasteiger partial charge on any atom is -0.385 e. The molecule has 0 saturated carbocycles. The van der Waals surface area contributed by atoms with Gasteiger partial charge in [0.2, 0.25) is 5.95 Å². The van der Waals surface area contributed by atoms with Crippen LogP contribution in [0.25, 0.3) is 0 Å². The monoisotopic (exact) mass is 267 g/mol. The number of aromatic nitrogens is 3. The highest BCUT2D eigenvalue weighted by Gasteiger charge is 2.15. The van der Waals surface area contributed by atoms with Crippen molar-refractivity contribution < 1.29 is 9.47 Å². The fourth-order valence-corrected chi connectivity index (χ4v) is 1.91. The third kappa shape index (κ3) is 4.96. The van der Waals surface area contributed by atoms with E-state index in [0.29, 0.717) is 5.95 Å². The topological polar surface area (TPSA) is 81.2 Å². The van der Waals surface area contributed by atoms with E-state index in [1.165, 1.54) is 0 Å². The van der Waals surface area contributed by atoms with Crippen LogP contribution in [0.4, 0.5) is 11.8 Å². The van der Waals surface area contributed by atoms with Gasteiger partial charge in [-0.25, -0.2) is 0 Å². The van der Waals surface area contributed by atoms with Gasteiger partial charge in [0.15, 0.2) is 5.82 Å². The highest BCUT2D eigenvalue weighted by Crippen LogP contribution is 2.12. The molecule has 2 rings (SSSR count). The molecular formula is C12H21N5O2. The summed E-state index contributed by atoms with van der Waals surface area (Å²) < 4.78 is 10.5. The van der Waals surface area contributed by atoms with Crippen molar-refractivity contribution in [2.75, 3.05) is 44.0 Å². The van der Waals surface area contributed by atoms with Gasteiger partial charge in [-0.1, -0.05) is 0 Å². The normalized spacial score (nSPS) is 18.5. The smallest absolute Gasteiger partial charge is 0.244 e. The van der Waals surface area contributed by atoms with Crippen molar-refractivity contribution in [3.05, 3.63) is 6.20 Å². The highest BCUT2D eigenvalue weighted by atomic mass is 16.5. The van der Waals surface area contributed by atoms with E-state index in [2.05, 4.69) is 25.8 Å².